The number of para-hydroxylation sites is 1. The molecule has 0 aliphatic carbocycles. The Kier molecular flexibility index (Phi) is 7.25. The molecule has 4 amide bonds. The molecule has 0 spiro atoms. The highest BCUT2D eigenvalue weighted by atomic mass is 16.5. The predicted molar refractivity (Wildman–Crippen MR) is 129 cm³/mol. The zero-order valence-electron chi connectivity index (χ0n) is 20.0. The van der Waals surface area contributed by atoms with Gasteiger partial charge in [0.25, 0.3) is 0 Å². The minimum absolute atomic E-state index is 0.0260. The van der Waals surface area contributed by atoms with Gasteiger partial charge in [0.1, 0.15) is 11.8 Å². The molecular weight excluding hydrogens is 467 g/mol. The predicted octanol–water partition coefficient (Wildman–Crippen LogP) is 0.570. The third-order valence-corrected chi connectivity index (χ3v) is 6.51. The van der Waals surface area contributed by atoms with Crippen molar-refractivity contribution >= 4 is 30.7 Å². The van der Waals surface area contributed by atoms with E-state index in [9.17, 15) is 29.0 Å². The third kappa shape index (κ3) is 5.03. The van der Waals surface area contributed by atoms with Crippen LogP contribution in [0.5, 0.6) is 5.75 Å². The second kappa shape index (κ2) is 10.4. The van der Waals surface area contributed by atoms with Crippen LogP contribution in [0, 0.1) is 6.92 Å². The number of benzene rings is 1. The van der Waals surface area contributed by atoms with Crippen LogP contribution in [-0.2, 0) is 20.8 Å². The van der Waals surface area contributed by atoms with Gasteiger partial charge in [-0.2, -0.15) is 0 Å². The number of urea groups is 1. The van der Waals surface area contributed by atoms with E-state index in [1.54, 1.807) is 6.92 Å². The fourth-order valence-electron chi connectivity index (χ4n) is 4.53. The fourth-order valence-corrected chi connectivity index (χ4v) is 4.53. The fraction of sp³-hybridized carbons (Fsp3) is 0.375. The van der Waals surface area contributed by atoms with Gasteiger partial charge in [-0.05, 0) is 37.5 Å². The molecule has 2 aliphatic heterocycles. The molecule has 2 atom stereocenters. The van der Waals surface area contributed by atoms with Crippen molar-refractivity contribution in [2.45, 2.75) is 38.5 Å². The van der Waals surface area contributed by atoms with Crippen LogP contribution in [0.3, 0.4) is 0 Å². The maximum atomic E-state index is 13.4. The average molecular weight is 494 g/mol. The molecule has 3 heterocycles. The third-order valence-electron chi connectivity index (χ3n) is 6.51. The maximum absolute atomic E-state index is 13.4. The average Bonchev–Trinajstić information content (AvgIpc) is 2.85. The van der Waals surface area contributed by atoms with E-state index in [2.05, 4.69) is 10.3 Å². The normalized spacial score (nSPS) is 18.4. The summed E-state index contributed by atoms with van der Waals surface area (Å²) in [7, 11) is -1.24. The number of pyridine rings is 1. The van der Waals surface area contributed by atoms with Crippen LogP contribution in [0.4, 0.5) is 4.79 Å². The lowest BCUT2D eigenvalue weighted by Crippen LogP contribution is -2.58. The first-order valence-electron chi connectivity index (χ1n) is 11.8. The molecular formula is C24H27BN4O7. The zero-order chi connectivity index (χ0) is 26.0. The Morgan fingerprint density at radius 2 is 1.92 bits per heavy atom. The molecule has 0 saturated carbocycles. The number of piperazine rings is 1. The number of aromatic amines is 1. The molecule has 0 bridgehead atoms. The molecule has 0 radical (unpaired) electrons. The van der Waals surface area contributed by atoms with Crippen molar-refractivity contribution in [2.75, 3.05) is 19.6 Å². The topological polar surface area (TPSA) is 149 Å². The van der Waals surface area contributed by atoms with Gasteiger partial charge in [0.2, 0.25) is 5.56 Å². The van der Waals surface area contributed by atoms with Crippen molar-refractivity contribution in [3.63, 3.8) is 0 Å². The molecule has 3 N–H and O–H groups in total. The molecule has 1 aromatic heterocycles. The van der Waals surface area contributed by atoms with Crippen LogP contribution in [0.15, 0.2) is 41.2 Å². The molecule has 12 heteroatoms. The van der Waals surface area contributed by atoms with Crippen LogP contribution in [-0.4, -0.2) is 70.2 Å². The standard InChI is InChI=1S/C24H27BN4O7/c1-3-28-10-11-29(23(33)22(28)32)24(34)27-20(17-8-5-9-19(31)26-17)18(30)13-16-12-15-7-4-6-14(2)21(15)36-25(16)35/h4-9,16,20,35H,3,10-13H2,1-2H3,(H,26,31)(H,27,34)/t16-,20?/m1/s1. The number of ketones is 1. The maximum Gasteiger partial charge on any atom is 0.526 e. The number of aromatic nitrogens is 1. The molecule has 11 nitrogen and oxygen atoms in total. The number of hydrogen-bond acceptors (Lipinski definition) is 7. The molecule has 1 aromatic carbocycles. The number of Topliss-reactive ketones (excluding diaryl/α,β-unsaturated/α-hetero) is 1. The Morgan fingerprint density at radius 3 is 2.64 bits per heavy atom. The largest absolute Gasteiger partial charge is 0.536 e. The first-order chi connectivity index (χ1) is 17.2. The summed E-state index contributed by atoms with van der Waals surface area (Å²) in [6.45, 7) is 4.08. The summed E-state index contributed by atoms with van der Waals surface area (Å²) >= 11 is 0. The number of hydrogen-bond donors (Lipinski definition) is 3. The number of imide groups is 1. The van der Waals surface area contributed by atoms with Crippen molar-refractivity contribution < 1.29 is 28.9 Å². The lowest BCUT2D eigenvalue weighted by Gasteiger charge is -2.33. The lowest BCUT2D eigenvalue weighted by molar-refractivity contribution is -0.153. The molecule has 188 valence electrons. The number of H-pyrrole nitrogens is 1. The van der Waals surface area contributed by atoms with Crippen molar-refractivity contribution in [3.05, 3.63) is 63.6 Å². The van der Waals surface area contributed by atoms with Gasteiger partial charge in [-0.1, -0.05) is 24.3 Å². The van der Waals surface area contributed by atoms with E-state index in [4.69, 9.17) is 4.65 Å². The van der Waals surface area contributed by atoms with Gasteiger partial charge in [-0.3, -0.25) is 24.1 Å². The monoisotopic (exact) mass is 494 g/mol. The van der Waals surface area contributed by atoms with E-state index in [-0.39, 0.29) is 25.2 Å². The number of carbonyl (C=O) groups excluding carboxylic acids is 4. The van der Waals surface area contributed by atoms with Gasteiger partial charge in [-0.15, -0.1) is 0 Å². The smallest absolute Gasteiger partial charge is 0.526 e. The number of fused-ring (bicyclic) bond motifs is 1. The van der Waals surface area contributed by atoms with E-state index >= 15 is 0 Å². The molecule has 1 fully saturated rings. The van der Waals surface area contributed by atoms with E-state index in [0.29, 0.717) is 18.7 Å². The summed E-state index contributed by atoms with van der Waals surface area (Å²) in [5, 5.41) is 13.1. The summed E-state index contributed by atoms with van der Waals surface area (Å²) < 4.78 is 5.67. The molecule has 2 aliphatic rings. The zero-order valence-corrected chi connectivity index (χ0v) is 20.0. The van der Waals surface area contributed by atoms with E-state index in [1.165, 1.54) is 23.1 Å². The highest BCUT2D eigenvalue weighted by Crippen LogP contribution is 2.36. The summed E-state index contributed by atoms with van der Waals surface area (Å²) in [6.07, 6.45) is 0.203. The number of nitrogens with one attached hydrogen (secondary N) is 2. The van der Waals surface area contributed by atoms with Crippen molar-refractivity contribution in [2.24, 2.45) is 0 Å². The highest BCUT2D eigenvalue weighted by Gasteiger charge is 2.40. The number of carbonyl (C=O) groups is 4. The van der Waals surface area contributed by atoms with Crippen LogP contribution in [0.25, 0.3) is 0 Å². The van der Waals surface area contributed by atoms with Gasteiger partial charge < -0.3 is 24.9 Å². The minimum Gasteiger partial charge on any atom is -0.536 e. The Morgan fingerprint density at radius 1 is 1.17 bits per heavy atom. The van der Waals surface area contributed by atoms with Gasteiger partial charge in [0, 0.05) is 43.6 Å². The lowest BCUT2D eigenvalue weighted by atomic mass is 9.64. The quantitative estimate of drug-likeness (QED) is 0.393. The van der Waals surface area contributed by atoms with Gasteiger partial charge >= 0.3 is 25.0 Å². The van der Waals surface area contributed by atoms with Crippen molar-refractivity contribution in [1.82, 2.24) is 20.1 Å². The summed E-state index contributed by atoms with van der Waals surface area (Å²) in [4.78, 5) is 67.7. The molecule has 36 heavy (non-hydrogen) atoms. The van der Waals surface area contributed by atoms with Gasteiger partial charge in [0.05, 0.1) is 0 Å². The summed E-state index contributed by atoms with van der Waals surface area (Å²) in [5.74, 6) is -2.30. The van der Waals surface area contributed by atoms with Crippen LogP contribution in [0.1, 0.15) is 36.2 Å². The molecule has 2 aromatic rings. The Hall–Kier alpha value is -3.93. The van der Waals surface area contributed by atoms with E-state index < -0.39 is 48.2 Å². The Bertz CT molecular complexity index is 1260. The van der Waals surface area contributed by atoms with E-state index in [0.717, 1.165) is 16.0 Å². The molecule has 1 unspecified atom stereocenters. The van der Waals surface area contributed by atoms with Crippen molar-refractivity contribution in [1.29, 1.82) is 0 Å². The van der Waals surface area contributed by atoms with Crippen LogP contribution < -0.4 is 15.5 Å². The van der Waals surface area contributed by atoms with Gasteiger partial charge in [0.15, 0.2) is 5.78 Å². The molecule has 1 saturated heterocycles. The minimum atomic E-state index is -1.32. The Balaban J connectivity index is 1.55. The number of amides is 4. The Labute approximate surface area is 207 Å². The molecule has 4 rings (SSSR count). The first-order valence-corrected chi connectivity index (χ1v) is 11.8. The second-order valence-electron chi connectivity index (χ2n) is 8.90. The van der Waals surface area contributed by atoms with Crippen LogP contribution in [0.2, 0.25) is 5.82 Å². The highest BCUT2D eigenvalue weighted by molar-refractivity contribution is 6.46. The van der Waals surface area contributed by atoms with Crippen LogP contribution >= 0.6 is 0 Å². The van der Waals surface area contributed by atoms with Gasteiger partial charge in [-0.25, -0.2) is 4.79 Å². The number of rotatable bonds is 6. The second-order valence-corrected chi connectivity index (χ2v) is 8.90. The number of aryl methyl sites for hydroxylation is 1. The first kappa shape index (κ1) is 25.2. The van der Waals surface area contributed by atoms with E-state index in [1.807, 2.05) is 25.1 Å². The number of likely N-dealkylation sites (N-methyl/N-ethyl adjacent to an activating group) is 1. The summed E-state index contributed by atoms with van der Waals surface area (Å²) in [6, 6.07) is 7.52. The van der Waals surface area contributed by atoms with Crippen molar-refractivity contribution in [3.8, 4) is 5.75 Å². The SMILES string of the molecule is CCN1CCN(C(=O)NC(C(=O)C[C@H]2Cc3cccc(C)c3OB2O)c2cccc(=O)[nH]2)C(=O)C1=O. The summed E-state index contributed by atoms with van der Waals surface area (Å²) in [5.41, 5.74) is 1.36. The number of nitrogens with zero attached hydrogens (tertiary/aromatic N) is 2.